The second kappa shape index (κ2) is 5.69. The smallest absolute Gasteiger partial charge is 0.182 e. The number of anilines is 1. The van der Waals surface area contributed by atoms with E-state index in [9.17, 15) is 0 Å². The van der Waals surface area contributed by atoms with Gasteiger partial charge in [0.15, 0.2) is 5.82 Å². The predicted molar refractivity (Wildman–Crippen MR) is 77.9 cm³/mol. The molecule has 2 aromatic rings. The van der Waals surface area contributed by atoms with Gasteiger partial charge in [0.25, 0.3) is 0 Å². The molecule has 21 heavy (non-hydrogen) atoms. The Balaban J connectivity index is 1.93. The Bertz CT molecular complexity index is 622. The number of nitrogen functional groups attached to an aromatic ring is 1. The van der Waals surface area contributed by atoms with Crippen LogP contribution in [-0.2, 0) is 4.74 Å². The van der Waals surface area contributed by atoms with Gasteiger partial charge in [0.1, 0.15) is 5.75 Å². The molecule has 2 heterocycles. The van der Waals surface area contributed by atoms with Crippen molar-refractivity contribution in [2.45, 2.75) is 31.9 Å². The van der Waals surface area contributed by atoms with Gasteiger partial charge >= 0.3 is 0 Å². The highest BCUT2D eigenvalue weighted by Gasteiger charge is 2.27. The molecule has 1 aliphatic rings. The molecule has 3 rings (SSSR count). The van der Waals surface area contributed by atoms with Crippen molar-refractivity contribution in [2.24, 2.45) is 0 Å². The molecule has 2 N–H and O–H groups in total. The molecule has 7 heteroatoms. The fourth-order valence-electron chi connectivity index (χ4n) is 2.67. The first-order valence-electron chi connectivity index (χ1n) is 7.04. The molecule has 2 atom stereocenters. The lowest BCUT2D eigenvalue weighted by atomic mass is 10.1. The van der Waals surface area contributed by atoms with Crippen molar-refractivity contribution in [3.05, 3.63) is 18.2 Å². The van der Waals surface area contributed by atoms with Crippen LogP contribution in [0.3, 0.4) is 0 Å². The minimum atomic E-state index is 0.0841. The molecule has 7 nitrogen and oxygen atoms in total. The van der Waals surface area contributed by atoms with Crippen molar-refractivity contribution >= 4 is 5.69 Å². The maximum absolute atomic E-state index is 5.96. The first-order chi connectivity index (χ1) is 10.2. The number of tetrazole rings is 1. The van der Waals surface area contributed by atoms with E-state index in [1.165, 1.54) is 0 Å². The molecule has 112 valence electrons. The van der Waals surface area contributed by atoms with Gasteiger partial charge in [-0.1, -0.05) is 0 Å². The standard InChI is InChI=1S/C14H19N5O2/c1-9(12-4-3-7-21-12)19-14(16-17-18-19)10-5-6-13(20-2)11(15)8-10/h5-6,8-9,12H,3-4,7,15H2,1-2H3. The summed E-state index contributed by atoms with van der Waals surface area (Å²) in [6.07, 6.45) is 2.27. The van der Waals surface area contributed by atoms with Crippen LogP contribution in [0.4, 0.5) is 5.69 Å². The van der Waals surface area contributed by atoms with Crippen LogP contribution < -0.4 is 10.5 Å². The van der Waals surface area contributed by atoms with Crippen LogP contribution in [-0.4, -0.2) is 40.0 Å². The number of benzene rings is 1. The van der Waals surface area contributed by atoms with Crippen molar-refractivity contribution < 1.29 is 9.47 Å². The summed E-state index contributed by atoms with van der Waals surface area (Å²) in [6.45, 7) is 2.88. The zero-order valence-corrected chi connectivity index (χ0v) is 12.2. The molecule has 1 saturated heterocycles. The van der Waals surface area contributed by atoms with Gasteiger partial charge in [-0.25, -0.2) is 4.68 Å². The maximum atomic E-state index is 5.96. The highest BCUT2D eigenvalue weighted by Crippen LogP contribution is 2.30. The molecule has 1 aromatic carbocycles. The molecule has 1 fully saturated rings. The Morgan fingerprint density at radius 1 is 1.48 bits per heavy atom. The molecule has 0 aliphatic carbocycles. The Morgan fingerprint density at radius 3 is 3.00 bits per heavy atom. The number of rotatable bonds is 4. The van der Waals surface area contributed by atoms with Gasteiger partial charge in [-0.2, -0.15) is 0 Å². The predicted octanol–water partition coefficient (Wildman–Crippen LogP) is 1.67. The first-order valence-corrected chi connectivity index (χ1v) is 7.04. The van der Waals surface area contributed by atoms with E-state index in [-0.39, 0.29) is 12.1 Å². The van der Waals surface area contributed by atoms with Gasteiger partial charge in [-0.05, 0) is 48.4 Å². The maximum Gasteiger partial charge on any atom is 0.182 e. The summed E-state index contributed by atoms with van der Waals surface area (Å²) < 4.78 is 12.7. The van der Waals surface area contributed by atoms with Gasteiger partial charge in [0, 0.05) is 12.2 Å². The number of nitrogens with zero attached hydrogens (tertiary/aromatic N) is 4. The highest BCUT2D eigenvalue weighted by atomic mass is 16.5. The minimum absolute atomic E-state index is 0.0841. The third kappa shape index (κ3) is 2.56. The summed E-state index contributed by atoms with van der Waals surface area (Å²) in [6, 6.07) is 5.63. The van der Waals surface area contributed by atoms with E-state index in [1.807, 2.05) is 18.2 Å². The lowest BCUT2D eigenvalue weighted by Gasteiger charge is -2.19. The van der Waals surface area contributed by atoms with Crippen LogP contribution in [0.1, 0.15) is 25.8 Å². The van der Waals surface area contributed by atoms with E-state index in [2.05, 4.69) is 22.4 Å². The molecule has 0 bridgehead atoms. The van der Waals surface area contributed by atoms with E-state index in [1.54, 1.807) is 11.8 Å². The zero-order valence-electron chi connectivity index (χ0n) is 12.2. The van der Waals surface area contributed by atoms with Crippen molar-refractivity contribution in [2.75, 3.05) is 19.5 Å². The fourth-order valence-corrected chi connectivity index (χ4v) is 2.67. The summed E-state index contributed by atoms with van der Waals surface area (Å²) >= 11 is 0. The second-order valence-corrected chi connectivity index (χ2v) is 5.20. The van der Waals surface area contributed by atoms with Crippen LogP contribution in [0.15, 0.2) is 18.2 Å². The largest absolute Gasteiger partial charge is 0.495 e. The molecule has 0 spiro atoms. The molecule has 0 radical (unpaired) electrons. The van der Waals surface area contributed by atoms with Gasteiger partial charge < -0.3 is 15.2 Å². The molecular formula is C14H19N5O2. The summed E-state index contributed by atoms with van der Waals surface area (Å²) in [5.41, 5.74) is 7.39. The Hall–Kier alpha value is -2.15. The molecule has 0 amide bonds. The third-order valence-electron chi connectivity index (χ3n) is 3.87. The number of nitrogens with two attached hydrogens (primary N) is 1. The highest BCUT2D eigenvalue weighted by molar-refractivity contribution is 5.66. The zero-order chi connectivity index (χ0) is 14.8. The third-order valence-corrected chi connectivity index (χ3v) is 3.87. The Kier molecular flexibility index (Phi) is 3.74. The number of aromatic nitrogens is 4. The molecule has 2 unspecified atom stereocenters. The van der Waals surface area contributed by atoms with E-state index in [4.69, 9.17) is 15.2 Å². The van der Waals surface area contributed by atoms with Crippen molar-refractivity contribution in [1.82, 2.24) is 20.2 Å². The van der Waals surface area contributed by atoms with Gasteiger partial charge in [-0.15, -0.1) is 5.10 Å². The van der Waals surface area contributed by atoms with Gasteiger partial charge in [0.05, 0.1) is 24.9 Å². The van der Waals surface area contributed by atoms with Gasteiger partial charge in [0.2, 0.25) is 0 Å². The summed E-state index contributed by atoms with van der Waals surface area (Å²) in [7, 11) is 1.59. The Morgan fingerprint density at radius 2 is 2.33 bits per heavy atom. The van der Waals surface area contributed by atoms with E-state index in [0.717, 1.165) is 25.0 Å². The fraction of sp³-hybridized carbons (Fsp3) is 0.500. The minimum Gasteiger partial charge on any atom is -0.495 e. The number of ether oxygens (including phenoxy) is 2. The molecule has 1 aromatic heterocycles. The summed E-state index contributed by atoms with van der Waals surface area (Å²) in [5.74, 6) is 1.33. The topological polar surface area (TPSA) is 88.1 Å². The molecule has 1 aliphatic heterocycles. The van der Waals surface area contributed by atoms with E-state index in [0.29, 0.717) is 17.3 Å². The van der Waals surface area contributed by atoms with Crippen LogP contribution in [0.5, 0.6) is 5.75 Å². The lowest BCUT2D eigenvalue weighted by molar-refractivity contribution is 0.0690. The lowest BCUT2D eigenvalue weighted by Crippen LogP contribution is -2.22. The SMILES string of the molecule is COc1ccc(-c2nnnn2C(C)C2CCCO2)cc1N. The van der Waals surface area contributed by atoms with Crippen molar-refractivity contribution in [3.63, 3.8) is 0 Å². The number of hydrogen-bond donors (Lipinski definition) is 1. The average Bonchev–Trinajstić information content (AvgIpc) is 3.17. The summed E-state index contributed by atoms with van der Waals surface area (Å²) in [4.78, 5) is 0. The molecular weight excluding hydrogens is 270 g/mol. The van der Waals surface area contributed by atoms with Gasteiger partial charge in [-0.3, -0.25) is 0 Å². The van der Waals surface area contributed by atoms with E-state index < -0.39 is 0 Å². The summed E-state index contributed by atoms with van der Waals surface area (Å²) in [5, 5.41) is 12.0. The van der Waals surface area contributed by atoms with Crippen LogP contribution >= 0.6 is 0 Å². The van der Waals surface area contributed by atoms with Crippen LogP contribution in [0.2, 0.25) is 0 Å². The molecule has 0 saturated carbocycles. The monoisotopic (exact) mass is 289 g/mol. The van der Waals surface area contributed by atoms with Crippen molar-refractivity contribution in [3.8, 4) is 17.1 Å². The quantitative estimate of drug-likeness (QED) is 0.861. The first kappa shape index (κ1) is 13.8. The van der Waals surface area contributed by atoms with Crippen molar-refractivity contribution in [1.29, 1.82) is 0 Å². The Labute approximate surface area is 123 Å². The van der Waals surface area contributed by atoms with E-state index >= 15 is 0 Å². The second-order valence-electron chi connectivity index (χ2n) is 5.20. The van der Waals surface area contributed by atoms with Crippen LogP contribution in [0, 0.1) is 0 Å². The average molecular weight is 289 g/mol. The normalized spacial score (nSPS) is 19.6. The number of methoxy groups -OCH3 is 1. The van der Waals surface area contributed by atoms with Crippen LogP contribution in [0.25, 0.3) is 11.4 Å². The number of hydrogen-bond acceptors (Lipinski definition) is 6.